The number of anilines is 1. The lowest BCUT2D eigenvalue weighted by atomic mass is 10.2. The summed E-state index contributed by atoms with van der Waals surface area (Å²) in [6.07, 6.45) is 0. The Balaban J connectivity index is 2.16. The Bertz CT molecular complexity index is 745. The van der Waals surface area contributed by atoms with Crippen LogP contribution in [-0.2, 0) is 9.59 Å². The summed E-state index contributed by atoms with van der Waals surface area (Å²) in [5.74, 6) is -0.930. The predicted octanol–water partition coefficient (Wildman–Crippen LogP) is 4.33. The Kier molecular flexibility index (Phi) is 5.60. The summed E-state index contributed by atoms with van der Waals surface area (Å²) < 4.78 is 0. The molecule has 1 unspecified atom stereocenters. The number of azo groups is 1. The van der Waals surface area contributed by atoms with Crippen molar-refractivity contribution < 1.29 is 9.59 Å². The van der Waals surface area contributed by atoms with E-state index in [2.05, 4.69) is 15.5 Å². The fourth-order valence-corrected chi connectivity index (χ4v) is 2.14. The third kappa shape index (κ3) is 4.72. The van der Waals surface area contributed by atoms with Gasteiger partial charge in [-0.3, -0.25) is 9.59 Å². The van der Waals surface area contributed by atoms with E-state index in [1.165, 1.54) is 6.92 Å². The molecule has 0 aliphatic rings. The molecule has 1 atom stereocenters. The van der Waals surface area contributed by atoms with Gasteiger partial charge in [0.25, 0.3) is 5.91 Å². The maximum Gasteiger partial charge on any atom is 0.258 e. The molecule has 1 amide bonds. The van der Waals surface area contributed by atoms with Crippen molar-refractivity contribution in [3.8, 4) is 0 Å². The highest BCUT2D eigenvalue weighted by Crippen LogP contribution is 2.26. The van der Waals surface area contributed by atoms with Gasteiger partial charge in [0.15, 0.2) is 5.78 Å². The Morgan fingerprint density at radius 1 is 1.13 bits per heavy atom. The van der Waals surface area contributed by atoms with Crippen molar-refractivity contribution in [2.24, 2.45) is 10.2 Å². The van der Waals surface area contributed by atoms with E-state index in [1.54, 1.807) is 36.4 Å². The number of rotatable bonds is 5. The first-order valence-corrected chi connectivity index (χ1v) is 7.38. The highest BCUT2D eigenvalue weighted by molar-refractivity contribution is 6.33. The number of benzene rings is 2. The van der Waals surface area contributed by atoms with Crippen LogP contribution in [0.15, 0.2) is 58.8 Å². The molecule has 118 valence electrons. The van der Waals surface area contributed by atoms with E-state index in [4.69, 9.17) is 11.6 Å². The molecule has 0 fully saturated rings. The minimum atomic E-state index is -1.22. The minimum Gasteiger partial charge on any atom is -0.324 e. The first-order valence-electron chi connectivity index (χ1n) is 7.01. The summed E-state index contributed by atoms with van der Waals surface area (Å²) in [7, 11) is 0. The van der Waals surface area contributed by atoms with Crippen molar-refractivity contribution in [2.75, 3.05) is 5.32 Å². The first kappa shape index (κ1) is 16.8. The van der Waals surface area contributed by atoms with Crippen molar-refractivity contribution in [1.29, 1.82) is 0 Å². The van der Waals surface area contributed by atoms with Crippen LogP contribution in [0.3, 0.4) is 0 Å². The van der Waals surface area contributed by atoms with E-state index in [1.807, 2.05) is 19.1 Å². The lowest BCUT2D eigenvalue weighted by Gasteiger charge is -2.09. The molecule has 0 aromatic heterocycles. The highest BCUT2D eigenvalue weighted by atomic mass is 35.5. The molecule has 0 saturated heterocycles. The zero-order valence-electron chi connectivity index (χ0n) is 12.8. The van der Waals surface area contributed by atoms with Crippen molar-refractivity contribution in [3.05, 3.63) is 59.1 Å². The molecule has 23 heavy (non-hydrogen) atoms. The molecule has 2 aromatic rings. The third-order valence-electron chi connectivity index (χ3n) is 3.06. The number of Topliss-reactive ketones (excluding diaryl/α,β-unsaturated/α-hetero) is 1. The molecule has 0 aliphatic heterocycles. The smallest absolute Gasteiger partial charge is 0.258 e. The van der Waals surface area contributed by atoms with Crippen LogP contribution in [-0.4, -0.2) is 17.7 Å². The number of aryl methyl sites for hydroxylation is 1. The number of halogens is 1. The van der Waals surface area contributed by atoms with E-state index < -0.39 is 17.7 Å². The average molecular weight is 330 g/mol. The highest BCUT2D eigenvalue weighted by Gasteiger charge is 2.23. The van der Waals surface area contributed by atoms with Gasteiger partial charge < -0.3 is 5.32 Å². The topological polar surface area (TPSA) is 70.9 Å². The summed E-state index contributed by atoms with van der Waals surface area (Å²) in [5, 5.41) is 10.9. The predicted molar refractivity (Wildman–Crippen MR) is 90.2 cm³/mol. The van der Waals surface area contributed by atoms with Crippen LogP contribution in [0.25, 0.3) is 0 Å². The van der Waals surface area contributed by atoms with Crippen LogP contribution in [0.1, 0.15) is 12.5 Å². The Morgan fingerprint density at radius 2 is 1.83 bits per heavy atom. The second-order valence-corrected chi connectivity index (χ2v) is 5.45. The van der Waals surface area contributed by atoms with Gasteiger partial charge in [-0.05, 0) is 43.7 Å². The number of para-hydroxylation sites is 1. The fourth-order valence-electron chi connectivity index (χ4n) is 1.86. The van der Waals surface area contributed by atoms with Crippen LogP contribution in [0.2, 0.25) is 5.02 Å². The van der Waals surface area contributed by atoms with Gasteiger partial charge >= 0.3 is 0 Å². The van der Waals surface area contributed by atoms with Crippen LogP contribution in [0.4, 0.5) is 11.4 Å². The molecule has 6 heteroatoms. The Labute approximate surface area is 139 Å². The number of hydrogen-bond acceptors (Lipinski definition) is 4. The number of hydrogen-bond donors (Lipinski definition) is 1. The Morgan fingerprint density at radius 3 is 2.43 bits per heavy atom. The van der Waals surface area contributed by atoms with Crippen molar-refractivity contribution in [2.45, 2.75) is 19.9 Å². The van der Waals surface area contributed by atoms with Crippen molar-refractivity contribution in [3.63, 3.8) is 0 Å². The van der Waals surface area contributed by atoms with Crippen LogP contribution in [0, 0.1) is 6.92 Å². The molecule has 0 aliphatic carbocycles. The number of nitrogens with zero attached hydrogens (tertiary/aromatic N) is 2. The van der Waals surface area contributed by atoms with E-state index >= 15 is 0 Å². The molecule has 2 aromatic carbocycles. The van der Waals surface area contributed by atoms with E-state index in [-0.39, 0.29) is 0 Å². The standard InChI is InChI=1S/C17H16ClN3O2/c1-11-8-9-15(14(18)10-11)20-21-16(12(2)22)17(23)19-13-6-4-3-5-7-13/h3-10,16H,1-2H3,(H,19,23). The normalized spacial score (nSPS) is 12.1. The van der Waals surface area contributed by atoms with Crippen LogP contribution in [0.5, 0.6) is 0 Å². The SMILES string of the molecule is CC(=O)C(N=Nc1ccc(C)cc1Cl)C(=O)Nc1ccccc1. The summed E-state index contributed by atoms with van der Waals surface area (Å²) in [6, 6.07) is 12.9. The molecule has 0 spiro atoms. The second-order valence-electron chi connectivity index (χ2n) is 5.04. The van der Waals surface area contributed by atoms with E-state index in [0.717, 1.165) is 5.56 Å². The zero-order chi connectivity index (χ0) is 16.8. The largest absolute Gasteiger partial charge is 0.324 e. The molecule has 0 heterocycles. The number of carbonyl (C=O) groups is 2. The third-order valence-corrected chi connectivity index (χ3v) is 3.36. The summed E-state index contributed by atoms with van der Waals surface area (Å²) >= 11 is 6.06. The maximum atomic E-state index is 12.2. The molecule has 0 radical (unpaired) electrons. The molecular formula is C17H16ClN3O2. The number of nitrogens with one attached hydrogen (secondary N) is 1. The van der Waals surface area contributed by atoms with Crippen LogP contribution < -0.4 is 5.32 Å². The summed E-state index contributed by atoms with van der Waals surface area (Å²) in [5.41, 5.74) is 1.99. The lowest BCUT2D eigenvalue weighted by Crippen LogP contribution is -2.31. The number of carbonyl (C=O) groups excluding carboxylic acids is 2. The second kappa shape index (κ2) is 7.65. The number of ketones is 1. The fraction of sp³-hybridized carbons (Fsp3) is 0.176. The van der Waals surface area contributed by atoms with Gasteiger partial charge in [-0.2, -0.15) is 10.2 Å². The van der Waals surface area contributed by atoms with Gasteiger partial charge in [0, 0.05) is 5.69 Å². The molecule has 5 nitrogen and oxygen atoms in total. The molecular weight excluding hydrogens is 314 g/mol. The molecule has 2 rings (SSSR count). The maximum absolute atomic E-state index is 12.2. The van der Waals surface area contributed by atoms with Crippen molar-refractivity contribution in [1.82, 2.24) is 0 Å². The van der Waals surface area contributed by atoms with Gasteiger partial charge in [-0.25, -0.2) is 0 Å². The summed E-state index contributed by atoms with van der Waals surface area (Å²) in [4.78, 5) is 23.9. The average Bonchev–Trinajstić information content (AvgIpc) is 2.50. The van der Waals surface area contributed by atoms with Gasteiger partial charge in [0.2, 0.25) is 6.04 Å². The van der Waals surface area contributed by atoms with E-state index in [0.29, 0.717) is 16.4 Å². The van der Waals surface area contributed by atoms with Gasteiger partial charge in [0.1, 0.15) is 5.69 Å². The van der Waals surface area contributed by atoms with Gasteiger partial charge in [-0.1, -0.05) is 35.9 Å². The van der Waals surface area contributed by atoms with Crippen LogP contribution >= 0.6 is 11.6 Å². The molecule has 1 N–H and O–H groups in total. The van der Waals surface area contributed by atoms with E-state index in [9.17, 15) is 9.59 Å². The lowest BCUT2D eigenvalue weighted by molar-refractivity contribution is -0.126. The summed E-state index contributed by atoms with van der Waals surface area (Å²) in [6.45, 7) is 3.20. The first-order chi connectivity index (χ1) is 11.0. The Hall–Kier alpha value is -2.53. The zero-order valence-corrected chi connectivity index (χ0v) is 13.5. The quantitative estimate of drug-likeness (QED) is 0.655. The monoisotopic (exact) mass is 329 g/mol. The van der Waals surface area contributed by atoms with Gasteiger partial charge in [-0.15, -0.1) is 0 Å². The van der Waals surface area contributed by atoms with Gasteiger partial charge in [0.05, 0.1) is 5.02 Å². The molecule has 0 saturated carbocycles. The molecule has 0 bridgehead atoms. The van der Waals surface area contributed by atoms with Crippen molar-refractivity contribution >= 4 is 34.7 Å². The number of amides is 1. The minimum absolute atomic E-state index is 0.398.